The van der Waals surface area contributed by atoms with Crippen LogP contribution in [0, 0.1) is 5.92 Å². The number of nitrogens with zero attached hydrogens (tertiary/aromatic N) is 1. The number of hydrogen-bond donors (Lipinski definition) is 1. The van der Waals surface area contributed by atoms with E-state index in [2.05, 4.69) is 64.3 Å². The Balaban J connectivity index is 1.78. The predicted octanol–water partition coefficient (Wildman–Crippen LogP) is 3.44. The highest BCUT2D eigenvalue weighted by atomic mass is 79.9. The predicted molar refractivity (Wildman–Crippen MR) is 80.8 cm³/mol. The molecule has 0 saturated carbocycles. The molecule has 0 aliphatic carbocycles. The van der Waals surface area contributed by atoms with Gasteiger partial charge in [-0.15, -0.1) is 0 Å². The van der Waals surface area contributed by atoms with Crippen molar-refractivity contribution in [2.24, 2.45) is 5.92 Å². The van der Waals surface area contributed by atoms with E-state index in [1.54, 1.807) is 0 Å². The Labute approximate surface area is 119 Å². The third-order valence-electron chi connectivity index (χ3n) is 3.90. The van der Waals surface area contributed by atoms with Gasteiger partial charge in [-0.1, -0.05) is 35.0 Å². The van der Waals surface area contributed by atoms with Gasteiger partial charge < -0.3 is 10.2 Å². The van der Waals surface area contributed by atoms with Gasteiger partial charge in [0, 0.05) is 17.1 Å². The van der Waals surface area contributed by atoms with Crippen LogP contribution < -0.4 is 5.32 Å². The van der Waals surface area contributed by atoms with E-state index in [1.807, 2.05) is 0 Å². The van der Waals surface area contributed by atoms with Crippen molar-refractivity contribution >= 4 is 15.9 Å². The Morgan fingerprint density at radius 3 is 2.72 bits per heavy atom. The summed E-state index contributed by atoms with van der Waals surface area (Å²) in [4.78, 5) is 2.54. The van der Waals surface area contributed by atoms with E-state index in [-0.39, 0.29) is 0 Å². The average Bonchev–Trinajstić information content (AvgIpc) is 2.85. The highest BCUT2D eigenvalue weighted by Crippen LogP contribution is 2.19. The quantitative estimate of drug-likeness (QED) is 0.896. The molecule has 1 aromatic rings. The normalized spacial score (nSPS) is 22.3. The Bertz CT molecular complexity index is 363. The minimum atomic E-state index is 0.439. The topological polar surface area (TPSA) is 15.3 Å². The smallest absolute Gasteiger partial charge is 0.0291 e. The van der Waals surface area contributed by atoms with Gasteiger partial charge in [0.1, 0.15) is 0 Å². The summed E-state index contributed by atoms with van der Waals surface area (Å²) in [7, 11) is 0. The van der Waals surface area contributed by atoms with Crippen molar-refractivity contribution in [1.82, 2.24) is 10.2 Å². The fourth-order valence-corrected chi connectivity index (χ4v) is 2.84. The molecule has 1 aromatic carbocycles. The van der Waals surface area contributed by atoms with Crippen LogP contribution in [-0.2, 0) is 0 Å². The van der Waals surface area contributed by atoms with Gasteiger partial charge in [0.2, 0.25) is 0 Å². The molecule has 0 bridgehead atoms. The average molecular weight is 311 g/mol. The first kappa shape index (κ1) is 14.0. The maximum absolute atomic E-state index is 3.66. The molecule has 1 N–H and O–H groups in total. The molecule has 2 unspecified atom stereocenters. The van der Waals surface area contributed by atoms with Crippen LogP contribution in [0.3, 0.4) is 0 Å². The van der Waals surface area contributed by atoms with Crippen molar-refractivity contribution in [2.45, 2.75) is 26.3 Å². The van der Waals surface area contributed by atoms with E-state index in [4.69, 9.17) is 0 Å². The minimum Gasteiger partial charge on any atom is -0.310 e. The second kappa shape index (κ2) is 6.69. The summed E-state index contributed by atoms with van der Waals surface area (Å²) in [6.07, 6.45) is 1.34. The van der Waals surface area contributed by atoms with Crippen LogP contribution >= 0.6 is 15.9 Å². The number of likely N-dealkylation sites (tertiary alicyclic amines) is 1. The molecule has 0 aromatic heterocycles. The molecule has 100 valence electrons. The van der Waals surface area contributed by atoms with Crippen molar-refractivity contribution in [3.05, 3.63) is 34.3 Å². The summed E-state index contributed by atoms with van der Waals surface area (Å²) in [5.41, 5.74) is 1.36. The Hall–Kier alpha value is -0.380. The lowest BCUT2D eigenvalue weighted by molar-refractivity contribution is 0.336. The van der Waals surface area contributed by atoms with Crippen LogP contribution in [0.15, 0.2) is 28.7 Å². The summed E-state index contributed by atoms with van der Waals surface area (Å²) in [6.45, 7) is 9.36. The first-order valence-corrected chi connectivity index (χ1v) is 7.69. The number of hydrogen-bond acceptors (Lipinski definition) is 2. The largest absolute Gasteiger partial charge is 0.310 e. The molecule has 2 rings (SSSR count). The molecule has 1 saturated heterocycles. The maximum atomic E-state index is 3.66. The summed E-state index contributed by atoms with van der Waals surface area (Å²) in [5, 5.41) is 3.66. The highest BCUT2D eigenvalue weighted by molar-refractivity contribution is 9.10. The summed E-state index contributed by atoms with van der Waals surface area (Å²) < 4.78 is 1.15. The fraction of sp³-hybridized carbons (Fsp3) is 0.600. The zero-order valence-corrected chi connectivity index (χ0v) is 12.9. The number of halogens is 1. The van der Waals surface area contributed by atoms with Crippen LogP contribution in [0.2, 0.25) is 0 Å². The molecule has 0 amide bonds. The Morgan fingerprint density at radius 2 is 2.11 bits per heavy atom. The number of rotatable bonds is 5. The molecule has 1 fully saturated rings. The van der Waals surface area contributed by atoms with Crippen LogP contribution in [-0.4, -0.2) is 31.1 Å². The highest BCUT2D eigenvalue weighted by Gasteiger charge is 2.21. The molecular formula is C15H23BrN2. The second-order valence-corrected chi connectivity index (χ2v) is 6.15. The third kappa shape index (κ3) is 3.81. The van der Waals surface area contributed by atoms with Gasteiger partial charge >= 0.3 is 0 Å². The molecule has 1 aliphatic rings. The van der Waals surface area contributed by atoms with Gasteiger partial charge in [-0.05, 0) is 56.6 Å². The molecule has 0 radical (unpaired) electrons. The van der Waals surface area contributed by atoms with E-state index in [9.17, 15) is 0 Å². The van der Waals surface area contributed by atoms with Crippen molar-refractivity contribution in [3.63, 3.8) is 0 Å². The van der Waals surface area contributed by atoms with Crippen molar-refractivity contribution < 1.29 is 0 Å². The fourth-order valence-electron chi connectivity index (χ4n) is 2.58. The lowest BCUT2D eigenvalue weighted by Gasteiger charge is -2.18. The maximum Gasteiger partial charge on any atom is 0.0291 e. The lowest BCUT2D eigenvalue weighted by atomic mass is 10.1. The lowest BCUT2D eigenvalue weighted by Crippen LogP contribution is -2.28. The van der Waals surface area contributed by atoms with Gasteiger partial charge in [-0.3, -0.25) is 0 Å². The molecule has 2 atom stereocenters. The van der Waals surface area contributed by atoms with Gasteiger partial charge in [-0.2, -0.15) is 0 Å². The summed E-state index contributed by atoms with van der Waals surface area (Å²) in [6, 6.07) is 9.04. The van der Waals surface area contributed by atoms with E-state index in [1.165, 1.54) is 31.6 Å². The minimum absolute atomic E-state index is 0.439. The van der Waals surface area contributed by atoms with Crippen molar-refractivity contribution in [3.8, 4) is 0 Å². The van der Waals surface area contributed by atoms with Crippen LogP contribution in [0.1, 0.15) is 31.9 Å². The van der Waals surface area contributed by atoms with Gasteiger partial charge in [0.15, 0.2) is 0 Å². The zero-order valence-electron chi connectivity index (χ0n) is 11.3. The van der Waals surface area contributed by atoms with E-state index >= 15 is 0 Å². The van der Waals surface area contributed by atoms with Gasteiger partial charge in [0.25, 0.3) is 0 Å². The third-order valence-corrected chi connectivity index (χ3v) is 4.43. The van der Waals surface area contributed by atoms with E-state index in [0.29, 0.717) is 6.04 Å². The zero-order chi connectivity index (χ0) is 13.0. The first-order chi connectivity index (χ1) is 8.69. The second-order valence-electron chi connectivity index (χ2n) is 5.23. The Morgan fingerprint density at radius 1 is 1.39 bits per heavy atom. The SMILES string of the molecule is CCN1CCC(CNC(C)c2ccc(Br)cc2)C1. The van der Waals surface area contributed by atoms with E-state index in [0.717, 1.165) is 16.9 Å². The molecule has 3 heteroatoms. The molecular weight excluding hydrogens is 288 g/mol. The summed E-state index contributed by atoms with van der Waals surface area (Å²) >= 11 is 3.48. The Kier molecular flexibility index (Phi) is 5.22. The van der Waals surface area contributed by atoms with Gasteiger partial charge in [-0.25, -0.2) is 0 Å². The molecule has 2 nitrogen and oxygen atoms in total. The molecule has 1 aliphatic heterocycles. The van der Waals surface area contributed by atoms with Crippen LogP contribution in [0.4, 0.5) is 0 Å². The van der Waals surface area contributed by atoms with Crippen LogP contribution in [0.25, 0.3) is 0 Å². The molecule has 18 heavy (non-hydrogen) atoms. The molecule has 1 heterocycles. The summed E-state index contributed by atoms with van der Waals surface area (Å²) in [5.74, 6) is 0.822. The monoisotopic (exact) mass is 310 g/mol. The number of benzene rings is 1. The number of nitrogens with one attached hydrogen (secondary N) is 1. The molecule has 0 spiro atoms. The standard InChI is InChI=1S/C15H23BrN2/c1-3-18-9-8-13(11-18)10-17-12(2)14-4-6-15(16)7-5-14/h4-7,12-13,17H,3,8-11H2,1-2H3. The van der Waals surface area contributed by atoms with E-state index < -0.39 is 0 Å². The van der Waals surface area contributed by atoms with Crippen molar-refractivity contribution in [1.29, 1.82) is 0 Å². The van der Waals surface area contributed by atoms with Crippen LogP contribution in [0.5, 0.6) is 0 Å². The first-order valence-electron chi connectivity index (χ1n) is 6.90. The van der Waals surface area contributed by atoms with Gasteiger partial charge in [0.05, 0.1) is 0 Å². The van der Waals surface area contributed by atoms with Crippen molar-refractivity contribution in [2.75, 3.05) is 26.2 Å².